The van der Waals surface area contributed by atoms with Crippen LogP contribution in [0, 0.1) is 3.57 Å². The van der Waals surface area contributed by atoms with Gasteiger partial charge in [-0.05, 0) is 47.2 Å². The van der Waals surface area contributed by atoms with Crippen LogP contribution in [0.5, 0.6) is 0 Å². The van der Waals surface area contributed by atoms with Crippen LogP contribution in [0.25, 0.3) is 0 Å². The van der Waals surface area contributed by atoms with E-state index in [1.54, 1.807) is 0 Å². The van der Waals surface area contributed by atoms with Crippen molar-refractivity contribution in [1.29, 1.82) is 0 Å². The average molecular weight is 370 g/mol. The minimum atomic E-state index is 0.0810. The Balaban J connectivity index is 1.74. The van der Waals surface area contributed by atoms with Gasteiger partial charge in [0.1, 0.15) is 0 Å². The molecule has 0 N–H and O–H groups in total. The van der Waals surface area contributed by atoms with Gasteiger partial charge in [-0.3, -0.25) is 9.59 Å². The lowest BCUT2D eigenvalue weighted by Crippen LogP contribution is -2.53. The second kappa shape index (κ2) is 5.11. The Kier molecular flexibility index (Phi) is 3.47. The smallest absolute Gasteiger partial charge is 0.254 e. The van der Waals surface area contributed by atoms with E-state index in [1.807, 2.05) is 34.1 Å². The molecule has 19 heavy (non-hydrogen) atoms. The number of piperazine rings is 1. The van der Waals surface area contributed by atoms with Gasteiger partial charge in [0.05, 0.1) is 0 Å². The molecule has 0 saturated carbocycles. The summed E-state index contributed by atoms with van der Waals surface area (Å²) in [4.78, 5) is 27.9. The molecule has 4 nitrogen and oxygen atoms in total. The zero-order valence-corrected chi connectivity index (χ0v) is 12.7. The molecule has 0 bridgehead atoms. The number of carbonyl (C=O) groups excluding carboxylic acids is 2. The fourth-order valence-corrected chi connectivity index (χ4v) is 3.40. The Morgan fingerprint density at radius 3 is 2.95 bits per heavy atom. The van der Waals surface area contributed by atoms with Crippen LogP contribution in [-0.4, -0.2) is 47.3 Å². The average Bonchev–Trinajstić information content (AvgIpc) is 2.79. The number of amides is 2. The molecule has 3 rings (SSSR count). The van der Waals surface area contributed by atoms with Gasteiger partial charge in [-0.25, -0.2) is 0 Å². The van der Waals surface area contributed by atoms with Gasteiger partial charge < -0.3 is 9.80 Å². The van der Waals surface area contributed by atoms with E-state index in [0.717, 1.165) is 15.6 Å². The van der Waals surface area contributed by atoms with Crippen molar-refractivity contribution in [3.63, 3.8) is 0 Å². The molecule has 0 aromatic heterocycles. The number of hydrogen-bond donors (Lipinski definition) is 0. The molecule has 0 spiro atoms. The Hall–Kier alpha value is -1.11. The summed E-state index contributed by atoms with van der Waals surface area (Å²) in [6.45, 7) is 2.00. The molecule has 2 saturated heterocycles. The summed E-state index contributed by atoms with van der Waals surface area (Å²) in [5.74, 6) is 0.323. The lowest BCUT2D eigenvalue weighted by Gasteiger charge is -2.37. The predicted molar refractivity (Wildman–Crippen MR) is 79.8 cm³/mol. The van der Waals surface area contributed by atoms with Gasteiger partial charge >= 0.3 is 0 Å². The largest absolute Gasteiger partial charge is 0.336 e. The first kappa shape index (κ1) is 12.9. The Morgan fingerprint density at radius 1 is 1.32 bits per heavy atom. The summed E-state index contributed by atoms with van der Waals surface area (Å²) >= 11 is 2.21. The normalized spacial score (nSPS) is 22.6. The van der Waals surface area contributed by atoms with Crippen molar-refractivity contribution < 1.29 is 9.59 Å². The Morgan fingerprint density at radius 2 is 2.16 bits per heavy atom. The minimum absolute atomic E-state index is 0.0810. The van der Waals surface area contributed by atoms with E-state index in [0.29, 0.717) is 26.1 Å². The molecule has 2 aliphatic heterocycles. The fraction of sp³-hybridized carbons (Fsp3) is 0.429. The molecule has 1 unspecified atom stereocenters. The van der Waals surface area contributed by atoms with Crippen LogP contribution in [0.1, 0.15) is 23.2 Å². The third-order valence-electron chi connectivity index (χ3n) is 3.85. The quantitative estimate of drug-likeness (QED) is 0.707. The summed E-state index contributed by atoms with van der Waals surface area (Å²) < 4.78 is 1.07. The molecule has 5 heteroatoms. The molecule has 2 aliphatic rings. The number of benzene rings is 1. The van der Waals surface area contributed by atoms with Gasteiger partial charge in [0.25, 0.3) is 5.91 Å². The maximum absolute atomic E-state index is 12.4. The molecule has 2 amide bonds. The molecular formula is C14H15IN2O2. The van der Waals surface area contributed by atoms with Crippen LogP contribution >= 0.6 is 22.6 Å². The Labute approximate surface area is 125 Å². The molecule has 1 aromatic carbocycles. The van der Waals surface area contributed by atoms with Gasteiger partial charge in [-0.15, -0.1) is 0 Å². The standard InChI is InChI=1S/C14H15IN2O2/c15-11-3-1-2-10(8-11)14(19)16-6-7-17-12(9-16)4-5-13(17)18/h1-3,8,12H,4-7,9H2. The van der Waals surface area contributed by atoms with Gasteiger partial charge in [0.15, 0.2) is 0 Å². The number of carbonyl (C=O) groups is 2. The summed E-state index contributed by atoms with van der Waals surface area (Å²) in [6, 6.07) is 7.88. The second-order valence-electron chi connectivity index (χ2n) is 5.04. The number of nitrogens with zero attached hydrogens (tertiary/aromatic N) is 2. The minimum Gasteiger partial charge on any atom is -0.336 e. The highest BCUT2D eigenvalue weighted by atomic mass is 127. The highest BCUT2D eigenvalue weighted by molar-refractivity contribution is 14.1. The van der Waals surface area contributed by atoms with Crippen molar-refractivity contribution in [3.8, 4) is 0 Å². The summed E-state index contributed by atoms with van der Waals surface area (Å²) in [6.07, 6.45) is 1.52. The molecule has 2 heterocycles. The number of rotatable bonds is 1. The van der Waals surface area contributed by atoms with Gasteiger partial charge in [0.2, 0.25) is 5.91 Å². The molecule has 1 aromatic rings. The number of fused-ring (bicyclic) bond motifs is 1. The van der Waals surface area contributed by atoms with E-state index < -0.39 is 0 Å². The lowest BCUT2D eigenvalue weighted by atomic mass is 10.1. The number of hydrogen-bond acceptors (Lipinski definition) is 2. The third-order valence-corrected chi connectivity index (χ3v) is 4.52. The lowest BCUT2D eigenvalue weighted by molar-refractivity contribution is -0.130. The van der Waals surface area contributed by atoms with E-state index in [1.165, 1.54) is 0 Å². The van der Waals surface area contributed by atoms with Crippen LogP contribution in [0.4, 0.5) is 0 Å². The molecule has 2 fully saturated rings. The molecule has 100 valence electrons. The number of halogens is 1. The third kappa shape index (κ3) is 2.48. The highest BCUT2D eigenvalue weighted by Gasteiger charge is 2.36. The van der Waals surface area contributed by atoms with Crippen molar-refractivity contribution in [1.82, 2.24) is 9.80 Å². The molecular weight excluding hydrogens is 355 g/mol. The highest BCUT2D eigenvalue weighted by Crippen LogP contribution is 2.23. The van der Waals surface area contributed by atoms with Crippen molar-refractivity contribution in [2.24, 2.45) is 0 Å². The van der Waals surface area contributed by atoms with Crippen LogP contribution in [0.15, 0.2) is 24.3 Å². The maximum Gasteiger partial charge on any atom is 0.254 e. The monoisotopic (exact) mass is 370 g/mol. The SMILES string of the molecule is O=C(c1cccc(I)c1)N1CCN2C(=O)CCC2C1. The van der Waals surface area contributed by atoms with Crippen molar-refractivity contribution >= 4 is 34.4 Å². The predicted octanol–water partition coefficient (Wildman–Crippen LogP) is 1.74. The molecule has 0 aliphatic carbocycles. The first-order chi connectivity index (χ1) is 9.15. The zero-order valence-electron chi connectivity index (χ0n) is 10.5. The molecule has 1 atom stereocenters. The van der Waals surface area contributed by atoms with Crippen LogP contribution < -0.4 is 0 Å². The summed E-state index contributed by atoms with van der Waals surface area (Å²) in [5.41, 5.74) is 0.740. The van der Waals surface area contributed by atoms with Crippen LogP contribution in [0.2, 0.25) is 0 Å². The van der Waals surface area contributed by atoms with Gasteiger partial charge in [-0.2, -0.15) is 0 Å². The van der Waals surface area contributed by atoms with Crippen molar-refractivity contribution in [3.05, 3.63) is 33.4 Å². The fourth-order valence-electron chi connectivity index (χ4n) is 2.85. The summed E-state index contributed by atoms with van der Waals surface area (Å²) in [7, 11) is 0. The maximum atomic E-state index is 12.4. The zero-order chi connectivity index (χ0) is 13.4. The topological polar surface area (TPSA) is 40.6 Å². The van der Waals surface area contributed by atoms with Crippen molar-refractivity contribution in [2.45, 2.75) is 18.9 Å². The van der Waals surface area contributed by atoms with E-state index in [-0.39, 0.29) is 17.9 Å². The van der Waals surface area contributed by atoms with E-state index in [4.69, 9.17) is 0 Å². The van der Waals surface area contributed by atoms with Crippen molar-refractivity contribution in [2.75, 3.05) is 19.6 Å². The van der Waals surface area contributed by atoms with E-state index >= 15 is 0 Å². The van der Waals surface area contributed by atoms with Gasteiger partial charge in [-0.1, -0.05) is 6.07 Å². The van der Waals surface area contributed by atoms with Crippen LogP contribution in [-0.2, 0) is 4.79 Å². The first-order valence-electron chi connectivity index (χ1n) is 6.49. The second-order valence-corrected chi connectivity index (χ2v) is 6.29. The Bertz CT molecular complexity index is 532. The van der Waals surface area contributed by atoms with E-state index in [9.17, 15) is 9.59 Å². The summed E-state index contributed by atoms with van der Waals surface area (Å²) in [5, 5.41) is 0. The molecule has 0 radical (unpaired) electrons. The first-order valence-corrected chi connectivity index (χ1v) is 7.57. The van der Waals surface area contributed by atoms with E-state index in [2.05, 4.69) is 22.6 Å². The van der Waals surface area contributed by atoms with Crippen LogP contribution in [0.3, 0.4) is 0 Å². The van der Waals surface area contributed by atoms with Gasteiger partial charge in [0, 0.05) is 41.2 Å².